The molecule has 2 aromatic carbocycles. The van der Waals surface area contributed by atoms with Crippen molar-refractivity contribution >= 4 is 34.2 Å². The first-order valence-corrected chi connectivity index (χ1v) is 8.04. The number of carbonyl (C=O) groups is 2. The highest BCUT2D eigenvalue weighted by molar-refractivity contribution is 5.94. The molecule has 0 aliphatic heterocycles. The van der Waals surface area contributed by atoms with Gasteiger partial charge in [0.25, 0.3) is 0 Å². The molecule has 146 valence electrons. The lowest BCUT2D eigenvalue weighted by Gasteiger charge is -2.12. The van der Waals surface area contributed by atoms with Crippen LogP contribution in [0.3, 0.4) is 0 Å². The van der Waals surface area contributed by atoms with E-state index in [0.717, 1.165) is 10.6 Å². The molecule has 0 fully saturated rings. The van der Waals surface area contributed by atoms with Gasteiger partial charge in [0.15, 0.2) is 0 Å². The van der Waals surface area contributed by atoms with Gasteiger partial charge in [-0.15, -0.1) is 0 Å². The van der Waals surface area contributed by atoms with Gasteiger partial charge < -0.3 is 15.2 Å². The third-order valence-corrected chi connectivity index (χ3v) is 3.77. The molecule has 2 amide bonds. The van der Waals surface area contributed by atoms with Gasteiger partial charge >= 0.3 is 6.18 Å². The number of halogens is 4. The molecule has 28 heavy (non-hydrogen) atoms. The quantitative estimate of drug-likeness (QED) is 0.661. The van der Waals surface area contributed by atoms with Gasteiger partial charge in [0, 0.05) is 12.6 Å². The average Bonchev–Trinajstić information content (AvgIpc) is 2.96. The van der Waals surface area contributed by atoms with Gasteiger partial charge in [0.1, 0.15) is 12.4 Å². The molecule has 0 aliphatic rings. The second-order valence-corrected chi connectivity index (χ2v) is 5.93. The minimum absolute atomic E-state index is 0.109. The van der Waals surface area contributed by atoms with Crippen LogP contribution in [0.25, 0.3) is 11.0 Å². The molecule has 1 aromatic heterocycles. The Balaban J connectivity index is 1.87. The lowest BCUT2D eigenvalue weighted by atomic mass is 10.2. The lowest BCUT2D eigenvalue weighted by molar-refractivity contribution is -0.147. The summed E-state index contributed by atoms with van der Waals surface area (Å²) in [5.41, 5.74) is 0.225. The van der Waals surface area contributed by atoms with Crippen LogP contribution in [0, 0.1) is 5.82 Å². The Bertz CT molecular complexity index is 1060. The van der Waals surface area contributed by atoms with E-state index in [-0.39, 0.29) is 22.4 Å². The second-order valence-electron chi connectivity index (χ2n) is 5.93. The minimum atomic E-state index is -4.74. The van der Waals surface area contributed by atoms with Crippen molar-refractivity contribution < 1.29 is 27.2 Å². The highest BCUT2D eigenvalue weighted by Gasteiger charge is 2.38. The first kappa shape index (κ1) is 19.3. The fourth-order valence-electron chi connectivity index (χ4n) is 2.68. The summed E-state index contributed by atoms with van der Waals surface area (Å²) in [5.74, 6) is -3.19. The van der Waals surface area contributed by atoms with E-state index >= 15 is 0 Å². The first-order valence-electron chi connectivity index (χ1n) is 8.04. The number of amides is 2. The molecular weight excluding hydrogens is 380 g/mol. The molecule has 3 rings (SSSR count). The maximum absolute atomic E-state index is 13.7. The summed E-state index contributed by atoms with van der Waals surface area (Å²) in [4.78, 5) is 27.0. The Hall–Kier alpha value is -3.43. The summed E-state index contributed by atoms with van der Waals surface area (Å²) >= 11 is 0. The SMILES string of the molecule is CC(=O)Nc1cc(NC(=O)Cn2c(C(F)(F)F)nc3ccccc32)ccc1F. The van der Waals surface area contributed by atoms with Gasteiger partial charge in [0.05, 0.1) is 16.7 Å². The number of hydrogen-bond acceptors (Lipinski definition) is 3. The summed E-state index contributed by atoms with van der Waals surface area (Å²) in [6.07, 6.45) is -4.74. The third-order valence-electron chi connectivity index (χ3n) is 3.77. The molecule has 0 saturated carbocycles. The third kappa shape index (κ3) is 4.11. The Kier molecular flexibility index (Phi) is 5.04. The number of para-hydroxylation sites is 2. The van der Waals surface area contributed by atoms with E-state index in [1.807, 2.05) is 0 Å². The maximum atomic E-state index is 13.7. The number of anilines is 2. The number of carbonyl (C=O) groups excluding carboxylic acids is 2. The van der Waals surface area contributed by atoms with Crippen molar-refractivity contribution in [3.05, 3.63) is 54.1 Å². The molecule has 0 spiro atoms. The Morgan fingerprint density at radius 3 is 2.50 bits per heavy atom. The summed E-state index contributed by atoms with van der Waals surface area (Å²) in [6, 6.07) is 9.35. The van der Waals surface area contributed by atoms with Crippen molar-refractivity contribution in [1.82, 2.24) is 9.55 Å². The van der Waals surface area contributed by atoms with Gasteiger partial charge in [-0.05, 0) is 30.3 Å². The highest BCUT2D eigenvalue weighted by atomic mass is 19.4. The number of nitrogens with zero attached hydrogens (tertiary/aromatic N) is 2. The molecule has 6 nitrogen and oxygen atoms in total. The largest absolute Gasteiger partial charge is 0.449 e. The van der Waals surface area contributed by atoms with Crippen LogP contribution in [0.15, 0.2) is 42.5 Å². The van der Waals surface area contributed by atoms with Crippen molar-refractivity contribution in [3.8, 4) is 0 Å². The fraction of sp³-hybridized carbons (Fsp3) is 0.167. The van der Waals surface area contributed by atoms with Crippen LogP contribution in [-0.2, 0) is 22.3 Å². The molecule has 0 unspecified atom stereocenters. The van der Waals surface area contributed by atoms with Crippen molar-refractivity contribution in [3.63, 3.8) is 0 Å². The van der Waals surface area contributed by atoms with E-state index in [1.54, 1.807) is 6.07 Å². The lowest BCUT2D eigenvalue weighted by Crippen LogP contribution is -2.23. The van der Waals surface area contributed by atoms with Crippen molar-refractivity contribution in [1.29, 1.82) is 0 Å². The minimum Gasteiger partial charge on any atom is -0.324 e. The molecule has 1 heterocycles. The predicted molar refractivity (Wildman–Crippen MR) is 94.1 cm³/mol. The van der Waals surface area contributed by atoms with Crippen LogP contribution < -0.4 is 10.6 Å². The first-order chi connectivity index (χ1) is 13.1. The van der Waals surface area contributed by atoms with E-state index in [2.05, 4.69) is 15.6 Å². The predicted octanol–water partition coefficient (Wildman–Crippen LogP) is 3.79. The number of imidazole rings is 1. The molecule has 0 radical (unpaired) electrons. The monoisotopic (exact) mass is 394 g/mol. The number of alkyl halides is 3. The van der Waals surface area contributed by atoms with Gasteiger partial charge in [-0.3, -0.25) is 9.59 Å². The van der Waals surface area contributed by atoms with E-state index in [9.17, 15) is 27.2 Å². The molecule has 0 atom stereocenters. The molecule has 10 heteroatoms. The van der Waals surface area contributed by atoms with Crippen LogP contribution in [0.2, 0.25) is 0 Å². The Morgan fingerprint density at radius 2 is 1.82 bits per heavy atom. The topological polar surface area (TPSA) is 76.0 Å². The van der Waals surface area contributed by atoms with Crippen LogP contribution in [0.4, 0.5) is 28.9 Å². The summed E-state index contributed by atoms with van der Waals surface area (Å²) in [6.45, 7) is 0.537. The number of benzene rings is 2. The Labute approximate surface area is 156 Å². The van der Waals surface area contributed by atoms with Gasteiger partial charge in [-0.2, -0.15) is 13.2 Å². The van der Waals surface area contributed by atoms with Crippen LogP contribution >= 0.6 is 0 Å². The summed E-state index contributed by atoms with van der Waals surface area (Å²) in [7, 11) is 0. The molecule has 3 aromatic rings. The van der Waals surface area contributed by atoms with E-state index in [0.29, 0.717) is 0 Å². The molecular formula is C18H14F4N4O2. The molecule has 0 aliphatic carbocycles. The van der Waals surface area contributed by atoms with Gasteiger partial charge in [0.2, 0.25) is 17.6 Å². The molecule has 2 N–H and O–H groups in total. The zero-order chi connectivity index (χ0) is 20.5. The Morgan fingerprint density at radius 1 is 1.11 bits per heavy atom. The van der Waals surface area contributed by atoms with Gasteiger partial charge in [-0.25, -0.2) is 9.37 Å². The standard InChI is InChI=1S/C18H14F4N4O2/c1-10(27)23-14-8-11(6-7-12(14)19)24-16(28)9-26-15-5-3-2-4-13(15)25-17(26)18(20,21)22/h2-8H,9H2,1H3,(H,23,27)(H,24,28). The van der Waals surface area contributed by atoms with Gasteiger partial charge in [-0.1, -0.05) is 12.1 Å². The zero-order valence-corrected chi connectivity index (χ0v) is 14.5. The van der Waals surface area contributed by atoms with E-state index in [1.165, 1.54) is 37.3 Å². The fourth-order valence-corrected chi connectivity index (χ4v) is 2.68. The van der Waals surface area contributed by atoms with E-state index < -0.39 is 36.2 Å². The number of hydrogen-bond donors (Lipinski definition) is 2. The van der Waals surface area contributed by atoms with Crippen molar-refractivity contribution in [2.45, 2.75) is 19.6 Å². The van der Waals surface area contributed by atoms with Crippen LogP contribution in [0.1, 0.15) is 12.7 Å². The zero-order valence-electron chi connectivity index (χ0n) is 14.5. The average molecular weight is 394 g/mol. The number of aromatic nitrogens is 2. The maximum Gasteiger partial charge on any atom is 0.449 e. The number of rotatable bonds is 4. The van der Waals surface area contributed by atoms with Crippen molar-refractivity contribution in [2.75, 3.05) is 10.6 Å². The number of fused-ring (bicyclic) bond motifs is 1. The van der Waals surface area contributed by atoms with Crippen LogP contribution in [0.5, 0.6) is 0 Å². The summed E-state index contributed by atoms with van der Waals surface area (Å²) < 4.78 is 54.3. The van der Waals surface area contributed by atoms with E-state index in [4.69, 9.17) is 0 Å². The second kappa shape index (κ2) is 7.29. The highest BCUT2D eigenvalue weighted by Crippen LogP contribution is 2.31. The van der Waals surface area contributed by atoms with Crippen molar-refractivity contribution in [2.24, 2.45) is 0 Å². The number of nitrogens with one attached hydrogen (secondary N) is 2. The van der Waals surface area contributed by atoms with Crippen LogP contribution in [-0.4, -0.2) is 21.4 Å². The molecule has 0 bridgehead atoms. The summed E-state index contributed by atoms with van der Waals surface area (Å²) in [5, 5.41) is 4.65. The molecule has 0 saturated heterocycles. The smallest absolute Gasteiger partial charge is 0.324 e. The normalized spacial score (nSPS) is 11.5.